The number of benzene rings is 1. The summed E-state index contributed by atoms with van der Waals surface area (Å²) in [6.45, 7) is 1.36. The van der Waals surface area contributed by atoms with E-state index >= 15 is 0 Å². The molecular formula is C12H9F3N2O4S. The number of rotatable bonds is 4. The van der Waals surface area contributed by atoms with E-state index in [1.807, 2.05) is 0 Å². The number of carbonyl (C=O) groups excluding carboxylic acids is 1. The van der Waals surface area contributed by atoms with Crippen LogP contribution in [0.3, 0.4) is 0 Å². The van der Waals surface area contributed by atoms with Crippen LogP contribution in [0.4, 0.5) is 13.2 Å². The van der Waals surface area contributed by atoms with Gasteiger partial charge in [0, 0.05) is 18.0 Å². The zero-order chi connectivity index (χ0) is 16.5. The molecule has 0 aliphatic rings. The molecule has 0 spiro atoms. The first-order chi connectivity index (χ1) is 10.1. The van der Waals surface area contributed by atoms with E-state index in [-0.39, 0.29) is 11.5 Å². The Morgan fingerprint density at radius 2 is 1.82 bits per heavy atom. The molecule has 1 aromatic heterocycles. The highest BCUT2D eigenvalue weighted by atomic mass is 32.2. The molecule has 0 aliphatic carbocycles. The molecule has 2 rings (SSSR count). The number of aromatic nitrogens is 2. The molecule has 118 valence electrons. The van der Waals surface area contributed by atoms with Crippen molar-refractivity contribution in [3.63, 3.8) is 0 Å². The molecule has 0 radical (unpaired) electrons. The Kier molecular flexibility index (Phi) is 3.96. The Hall–Kier alpha value is -2.36. The Balaban J connectivity index is 2.36. The Labute approximate surface area is 123 Å². The van der Waals surface area contributed by atoms with Gasteiger partial charge in [-0.1, -0.05) is 0 Å². The highest BCUT2D eigenvalue weighted by Crippen LogP contribution is 2.27. The van der Waals surface area contributed by atoms with Crippen LogP contribution in [-0.4, -0.2) is 29.3 Å². The van der Waals surface area contributed by atoms with Crippen molar-refractivity contribution in [3.8, 4) is 11.7 Å². The lowest BCUT2D eigenvalue weighted by Gasteiger charge is -2.11. The average molecular weight is 334 g/mol. The van der Waals surface area contributed by atoms with Crippen molar-refractivity contribution in [2.45, 2.75) is 12.4 Å². The van der Waals surface area contributed by atoms with Crippen molar-refractivity contribution in [3.05, 3.63) is 42.2 Å². The van der Waals surface area contributed by atoms with E-state index < -0.39 is 21.6 Å². The summed E-state index contributed by atoms with van der Waals surface area (Å²) in [7, 11) is -5.81. The second-order valence-corrected chi connectivity index (χ2v) is 5.70. The lowest BCUT2D eigenvalue weighted by molar-refractivity contribution is -0.0503. The predicted molar refractivity (Wildman–Crippen MR) is 69.2 cm³/mol. The van der Waals surface area contributed by atoms with E-state index in [0.717, 1.165) is 10.8 Å². The molecule has 0 N–H and O–H groups in total. The molecule has 0 atom stereocenters. The fourth-order valence-corrected chi connectivity index (χ4v) is 1.96. The van der Waals surface area contributed by atoms with E-state index in [1.54, 1.807) is 0 Å². The highest BCUT2D eigenvalue weighted by Gasteiger charge is 2.49. The number of hydrogen-bond donors (Lipinski definition) is 0. The van der Waals surface area contributed by atoms with Gasteiger partial charge in [0.2, 0.25) is 0 Å². The van der Waals surface area contributed by atoms with Crippen LogP contribution in [0, 0.1) is 0 Å². The van der Waals surface area contributed by atoms with Crippen LogP contribution in [0.15, 0.2) is 36.7 Å². The number of carbonyl (C=O) groups is 1. The van der Waals surface area contributed by atoms with Crippen LogP contribution < -0.4 is 4.18 Å². The van der Waals surface area contributed by atoms with Gasteiger partial charge in [-0.2, -0.15) is 21.6 Å². The minimum Gasteiger partial charge on any atom is -0.338 e. The SMILES string of the molecule is CC(=O)c1ccc(-n2ccnc2OS(=O)(=O)C(F)(F)F)cc1. The van der Waals surface area contributed by atoms with Crippen LogP contribution >= 0.6 is 0 Å². The van der Waals surface area contributed by atoms with Gasteiger partial charge in [0.1, 0.15) is 0 Å². The monoisotopic (exact) mass is 334 g/mol. The smallest absolute Gasteiger partial charge is 0.338 e. The van der Waals surface area contributed by atoms with Crippen molar-refractivity contribution < 1.29 is 30.6 Å². The first-order valence-electron chi connectivity index (χ1n) is 5.77. The van der Waals surface area contributed by atoms with E-state index in [0.29, 0.717) is 5.56 Å². The first-order valence-corrected chi connectivity index (χ1v) is 7.18. The number of imidazole rings is 1. The normalized spacial score (nSPS) is 12.2. The van der Waals surface area contributed by atoms with Crippen molar-refractivity contribution in [1.29, 1.82) is 0 Å². The lowest BCUT2D eigenvalue weighted by Crippen LogP contribution is -2.29. The fourth-order valence-electron chi connectivity index (χ4n) is 1.55. The molecule has 10 heteroatoms. The summed E-state index contributed by atoms with van der Waals surface area (Å²) in [4.78, 5) is 14.6. The predicted octanol–water partition coefficient (Wildman–Crippen LogP) is 2.30. The van der Waals surface area contributed by atoms with Crippen LogP contribution in [0.25, 0.3) is 5.69 Å². The van der Waals surface area contributed by atoms with Gasteiger partial charge in [-0.25, -0.2) is 4.98 Å². The van der Waals surface area contributed by atoms with Crippen LogP contribution in [0.5, 0.6) is 6.01 Å². The summed E-state index contributed by atoms with van der Waals surface area (Å²) in [6, 6.07) is 4.98. The molecule has 0 amide bonds. The third-order valence-corrected chi connectivity index (χ3v) is 3.56. The summed E-state index contributed by atoms with van der Waals surface area (Å²) in [6.07, 6.45) is 2.31. The van der Waals surface area contributed by atoms with Crippen molar-refractivity contribution in [1.82, 2.24) is 9.55 Å². The van der Waals surface area contributed by atoms with Crippen LogP contribution in [0.1, 0.15) is 17.3 Å². The maximum absolute atomic E-state index is 12.3. The molecule has 1 aromatic carbocycles. The van der Waals surface area contributed by atoms with Gasteiger partial charge in [-0.15, -0.1) is 0 Å². The van der Waals surface area contributed by atoms with Gasteiger partial charge in [0.15, 0.2) is 5.78 Å². The third kappa shape index (κ3) is 3.11. The standard InChI is InChI=1S/C12H9F3N2O4S/c1-8(18)9-2-4-10(5-3-9)17-7-6-16-11(17)21-22(19,20)12(13,14)15/h2-7H,1H3. The van der Waals surface area contributed by atoms with Gasteiger partial charge in [-0.3, -0.25) is 9.36 Å². The zero-order valence-corrected chi connectivity index (χ0v) is 11.9. The largest absolute Gasteiger partial charge is 0.534 e. The molecule has 0 fully saturated rings. The number of halogens is 3. The molecule has 1 heterocycles. The van der Waals surface area contributed by atoms with Crippen molar-refractivity contribution >= 4 is 15.9 Å². The fraction of sp³-hybridized carbons (Fsp3) is 0.167. The molecule has 0 unspecified atom stereocenters. The molecule has 0 bridgehead atoms. The number of hydrogen-bond acceptors (Lipinski definition) is 5. The summed E-state index contributed by atoms with van der Waals surface area (Å²) in [5, 5.41) is 0. The van der Waals surface area contributed by atoms with Crippen molar-refractivity contribution in [2.24, 2.45) is 0 Å². The van der Waals surface area contributed by atoms with E-state index in [4.69, 9.17) is 0 Å². The van der Waals surface area contributed by atoms with E-state index in [1.165, 1.54) is 37.4 Å². The summed E-state index contributed by atoms with van der Waals surface area (Å²) < 4.78 is 64.0. The van der Waals surface area contributed by atoms with E-state index in [9.17, 15) is 26.4 Å². The highest BCUT2D eigenvalue weighted by molar-refractivity contribution is 7.87. The molecule has 0 saturated heterocycles. The van der Waals surface area contributed by atoms with Crippen LogP contribution in [0.2, 0.25) is 0 Å². The minimum absolute atomic E-state index is 0.187. The summed E-state index contributed by atoms with van der Waals surface area (Å²) in [5.41, 5.74) is -4.87. The number of alkyl halides is 3. The average Bonchev–Trinajstić information content (AvgIpc) is 2.85. The molecule has 22 heavy (non-hydrogen) atoms. The van der Waals surface area contributed by atoms with Gasteiger partial charge in [-0.05, 0) is 31.2 Å². The molecule has 2 aromatic rings. The molecule has 0 aliphatic heterocycles. The Morgan fingerprint density at radius 3 is 2.32 bits per heavy atom. The van der Waals surface area contributed by atoms with Crippen molar-refractivity contribution in [2.75, 3.05) is 0 Å². The second kappa shape index (κ2) is 5.44. The number of Topliss-reactive ketones (excluding diaryl/α,β-unsaturated/α-hetero) is 1. The molecular weight excluding hydrogens is 325 g/mol. The minimum atomic E-state index is -5.81. The maximum Gasteiger partial charge on any atom is 0.534 e. The number of nitrogens with zero attached hydrogens (tertiary/aromatic N) is 2. The number of ketones is 1. The maximum atomic E-state index is 12.3. The molecule has 6 nitrogen and oxygen atoms in total. The topological polar surface area (TPSA) is 78.3 Å². The molecule has 0 saturated carbocycles. The second-order valence-electron chi connectivity index (χ2n) is 4.17. The summed E-state index contributed by atoms with van der Waals surface area (Å²) >= 11 is 0. The summed E-state index contributed by atoms with van der Waals surface area (Å²) in [5.74, 6) is -0.187. The van der Waals surface area contributed by atoms with Gasteiger partial charge in [0.05, 0.1) is 5.69 Å². The van der Waals surface area contributed by atoms with Gasteiger partial charge in [0.25, 0.3) is 0 Å². The Bertz CT molecular complexity index is 795. The van der Waals surface area contributed by atoms with Gasteiger partial charge < -0.3 is 4.18 Å². The third-order valence-electron chi connectivity index (χ3n) is 2.63. The quantitative estimate of drug-likeness (QED) is 0.487. The van der Waals surface area contributed by atoms with E-state index in [2.05, 4.69) is 9.17 Å². The first kappa shape index (κ1) is 16.0. The van der Waals surface area contributed by atoms with Crippen LogP contribution in [-0.2, 0) is 10.1 Å². The Morgan fingerprint density at radius 1 is 1.23 bits per heavy atom. The zero-order valence-electron chi connectivity index (χ0n) is 11.0. The van der Waals surface area contributed by atoms with Gasteiger partial charge >= 0.3 is 21.6 Å². The lowest BCUT2D eigenvalue weighted by atomic mass is 10.1.